The number of hydrogen-bond acceptors (Lipinski definition) is 8. The Kier molecular flexibility index (Phi) is 7.40. The van der Waals surface area contributed by atoms with Crippen molar-refractivity contribution in [3.05, 3.63) is 91.4 Å². The average molecular weight is 561 g/mol. The zero-order valence-corrected chi connectivity index (χ0v) is 21.6. The summed E-state index contributed by atoms with van der Waals surface area (Å²) in [5, 5.41) is 28.8. The van der Waals surface area contributed by atoms with Crippen molar-refractivity contribution < 1.29 is 14.5 Å². The van der Waals surface area contributed by atoms with E-state index in [0.29, 0.717) is 40.8 Å². The molecule has 11 heteroatoms. The SMILES string of the molecule is Cc1cc(N(C)CCCN2C(=O)c3ccccc3C2=O)ccc1N=Nc1c(Br)cc([N+](=O)[O-])cc1C#N. The van der Waals surface area contributed by atoms with Crippen molar-refractivity contribution in [3.8, 4) is 6.07 Å². The van der Waals surface area contributed by atoms with Gasteiger partial charge in [0.25, 0.3) is 17.5 Å². The van der Waals surface area contributed by atoms with E-state index in [4.69, 9.17) is 0 Å². The Morgan fingerprint density at radius 2 is 1.76 bits per heavy atom. The Balaban J connectivity index is 1.41. The number of halogens is 1. The standard InChI is InChI=1S/C26H21BrN6O4/c1-16-12-18(31(2)10-5-11-32-25(34)20-6-3-4-7-21(20)26(32)35)8-9-23(16)29-30-24-17(15-28)13-19(33(36)37)14-22(24)27/h3-4,6-9,12-14H,5,10-11H2,1-2H3. The van der Waals surface area contributed by atoms with Gasteiger partial charge >= 0.3 is 0 Å². The summed E-state index contributed by atoms with van der Waals surface area (Å²) in [6.07, 6.45) is 0.605. The highest BCUT2D eigenvalue weighted by atomic mass is 79.9. The summed E-state index contributed by atoms with van der Waals surface area (Å²) in [5.41, 5.74) is 3.27. The minimum absolute atomic E-state index is 0.0388. The van der Waals surface area contributed by atoms with E-state index in [1.54, 1.807) is 30.3 Å². The number of nitro benzene ring substituents is 1. The first-order valence-corrected chi connectivity index (χ1v) is 12.1. The van der Waals surface area contributed by atoms with Crippen molar-refractivity contribution in [2.45, 2.75) is 13.3 Å². The van der Waals surface area contributed by atoms with Gasteiger partial charge in [-0.1, -0.05) is 12.1 Å². The molecule has 10 nitrogen and oxygen atoms in total. The van der Waals surface area contributed by atoms with Crippen LogP contribution >= 0.6 is 15.9 Å². The van der Waals surface area contributed by atoms with Crippen LogP contribution in [0.5, 0.6) is 0 Å². The van der Waals surface area contributed by atoms with Crippen molar-refractivity contribution in [2.75, 3.05) is 25.0 Å². The number of aryl methyl sites for hydroxylation is 1. The number of nitriles is 1. The molecule has 0 saturated carbocycles. The number of imide groups is 1. The Morgan fingerprint density at radius 3 is 2.35 bits per heavy atom. The van der Waals surface area contributed by atoms with Gasteiger partial charge in [-0.25, -0.2) is 0 Å². The van der Waals surface area contributed by atoms with E-state index in [2.05, 4.69) is 26.2 Å². The van der Waals surface area contributed by atoms with Gasteiger partial charge < -0.3 is 4.90 Å². The zero-order valence-electron chi connectivity index (χ0n) is 20.0. The van der Waals surface area contributed by atoms with Crippen LogP contribution in [0.3, 0.4) is 0 Å². The van der Waals surface area contributed by atoms with Crippen LogP contribution in [0.1, 0.15) is 38.3 Å². The number of amides is 2. The van der Waals surface area contributed by atoms with Gasteiger partial charge in [0, 0.05) is 38.0 Å². The molecular formula is C26H21BrN6O4. The van der Waals surface area contributed by atoms with Gasteiger partial charge in [0.05, 0.1) is 31.8 Å². The first kappa shape index (κ1) is 25.7. The smallest absolute Gasteiger partial charge is 0.272 e. The number of nitrogens with zero attached hydrogens (tertiary/aromatic N) is 6. The molecule has 1 aliphatic rings. The molecule has 0 aliphatic carbocycles. The van der Waals surface area contributed by atoms with E-state index in [9.17, 15) is 25.0 Å². The maximum atomic E-state index is 12.5. The Hall–Kier alpha value is -4.43. The molecular weight excluding hydrogens is 540 g/mol. The van der Waals surface area contributed by atoms with E-state index in [-0.39, 0.29) is 28.8 Å². The van der Waals surface area contributed by atoms with Crippen LogP contribution in [0.2, 0.25) is 0 Å². The lowest BCUT2D eigenvalue weighted by Crippen LogP contribution is -2.32. The number of carbonyl (C=O) groups is 2. The molecule has 1 aliphatic heterocycles. The van der Waals surface area contributed by atoms with Crippen LogP contribution in [0.4, 0.5) is 22.7 Å². The van der Waals surface area contributed by atoms with Crippen LogP contribution in [0.25, 0.3) is 0 Å². The predicted molar refractivity (Wildman–Crippen MR) is 141 cm³/mol. The third kappa shape index (κ3) is 5.24. The van der Waals surface area contributed by atoms with Gasteiger partial charge in [0.1, 0.15) is 11.8 Å². The van der Waals surface area contributed by atoms with Gasteiger partial charge in [-0.05, 0) is 65.2 Å². The number of carbonyl (C=O) groups excluding carboxylic acids is 2. The van der Waals surface area contributed by atoms with Crippen molar-refractivity contribution in [1.82, 2.24) is 4.90 Å². The first-order valence-electron chi connectivity index (χ1n) is 11.3. The van der Waals surface area contributed by atoms with E-state index in [1.807, 2.05) is 37.1 Å². The number of rotatable bonds is 8. The van der Waals surface area contributed by atoms with E-state index in [1.165, 1.54) is 11.0 Å². The van der Waals surface area contributed by atoms with Crippen molar-refractivity contribution in [2.24, 2.45) is 10.2 Å². The number of benzene rings is 3. The summed E-state index contributed by atoms with van der Waals surface area (Å²) in [6.45, 7) is 2.82. The fourth-order valence-electron chi connectivity index (χ4n) is 4.01. The lowest BCUT2D eigenvalue weighted by atomic mass is 10.1. The minimum Gasteiger partial charge on any atom is -0.375 e. The topological polar surface area (TPSA) is 132 Å². The minimum atomic E-state index is -0.578. The molecule has 0 aromatic heterocycles. The Morgan fingerprint density at radius 1 is 1.08 bits per heavy atom. The molecule has 0 atom stereocenters. The highest BCUT2D eigenvalue weighted by Gasteiger charge is 2.34. The molecule has 3 aromatic rings. The van der Waals surface area contributed by atoms with Crippen LogP contribution in [0, 0.1) is 28.4 Å². The van der Waals surface area contributed by atoms with Gasteiger partial charge in [-0.15, -0.1) is 5.11 Å². The van der Waals surface area contributed by atoms with Crippen molar-refractivity contribution in [3.63, 3.8) is 0 Å². The molecule has 0 spiro atoms. The highest BCUT2D eigenvalue weighted by Crippen LogP contribution is 2.35. The molecule has 0 radical (unpaired) electrons. The van der Waals surface area contributed by atoms with Crippen LogP contribution in [-0.2, 0) is 0 Å². The van der Waals surface area contributed by atoms with Gasteiger partial charge in [-0.2, -0.15) is 10.4 Å². The maximum absolute atomic E-state index is 12.5. The van der Waals surface area contributed by atoms with E-state index < -0.39 is 4.92 Å². The fraction of sp³-hybridized carbons (Fsp3) is 0.192. The van der Waals surface area contributed by atoms with E-state index in [0.717, 1.165) is 17.3 Å². The largest absolute Gasteiger partial charge is 0.375 e. The lowest BCUT2D eigenvalue weighted by molar-refractivity contribution is -0.384. The molecule has 3 aromatic carbocycles. The third-order valence-corrected chi connectivity index (χ3v) is 6.62. The molecule has 186 valence electrons. The van der Waals surface area contributed by atoms with Crippen LogP contribution in [-0.4, -0.2) is 41.8 Å². The highest BCUT2D eigenvalue weighted by molar-refractivity contribution is 9.10. The van der Waals surface area contributed by atoms with Gasteiger partial charge in [0.2, 0.25) is 0 Å². The molecule has 0 saturated heterocycles. The lowest BCUT2D eigenvalue weighted by Gasteiger charge is -2.21. The zero-order chi connectivity index (χ0) is 26.7. The number of azo groups is 1. The number of fused-ring (bicyclic) bond motifs is 1. The molecule has 0 N–H and O–H groups in total. The molecule has 2 amide bonds. The number of nitro groups is 1. The Labute approximate surface area is 221 Å². The Bertz CT molecular complexity index is 1460. The molecule has 0 unspecified atom stereocenters. The second-order valence-electron chi connectivity index (χ2n) is 8.45. The quantitative estimate of drug-likeness (QED) is 0.142. The number of non-ortho nitro benzene ring substituents is 1. The number of hydrogen-bond donors (Lipinski definition) is 0. The average Bonchev–Trinajstić information content (AvgIpc) is 3.13. The van der Waals surface area contributed by atoms with Crippen LogP contribution in [0.15, 0.2) is 69.3 Å². The molecule has 0 fully saturated rings. The first-order chi connectivity index (χ1) is 17.7. The van der Waals surface area contributed by atoms with E-state index >= 15 is 0 Å². The van der Waals surface area contributed by atoms with Gasteiger partial charge in [0.15, 0.2) is 0 Å². The summed E-state index contributed by atoms with van der Waals surface area (Å²) in [4.78, 5) is 38.8. The number of anilines is 1. The summed E-state index contributed by atoms with van der Waals surface area (Å²) in [6, 6.07) is 16.8. The summed E-state index contributed by atoms with van der Waals surface area (Å²) in [5.74, 6) is -0.513. The van der Waals surface area contributed by atoms with Crippen LogP contribution < -0.4 is 4.90 Å². The molecule has 1 heterocycles. The molecule has 4 rings (SSSR count). The van der Waals surface area contributed by atoms with Gasteiger partial charge in [-0.3, -0.25) is 24.6 Å². The summed E-state index contributed by atoms with van der Waals surface area (Å²) < 4.78 is 0.300. The third-order valence-electron chi connectivity index (χ3n) is 6.01. The monoisotopic (exact) mass is 560 g/mol. The fourth-order valence-corrected chi connectivity index (χ4v) is 4.53. The van der Waals surface area contributed by atoms with Crippen molar-refractivity contribution >= 4 is 50.5 Å². The second-order valence-corrected chi connectivity index (χ2v) is 9.30. The molecule has 37 heavy (non-hydrogen) atoms. The summed E-state index contributed by atoms with van der Waals surface area (Å²) in [7, 11) is 1.92. The predicted octanol–water partition coefficient (Wildman–Crippen LogP) is 6.08. The normalized spacial score (nSPS) is 12.6. The van der Waals surface area contributed by atoms with Crippen molar-refractivity contribution in [1.29, 1.82) is 5.26 Å². The second kappa shape index (κ2) is 10.7. The maximum Gasteiger partial charge on any atom is 0.272 e. The molecule has 0 bridgehead atoms. The summed E-state index contributed by atoms with van der Waals surface area (Å²) >= 11 is 3.23.